The highest BCUT2D eigenvalue weighted by Crippen LogP contribution is 2.08. The normalized spacial score (nSPS) is 11.0. The predicted molar refractivity (Wildman–Crippen MR) is 89.6 cm³/mol. The third-order valence-corrected chi connectivity index (χ3v) is 3.10. The largest absolute Gasteiger partial charge is 0.352 e. The Morgan fingerprint density at radius 2 is 1.75 bits per heavy atom. The summed E-state index contributed by atoms with van der Waals surface area (Å²) in [5.41, 5.74) is 1.13. The van der Waals surface area contributed by atoms with Gasteiger partial charge in [0.25, 0.3) is 0 Å². The van der Waals surface area contributed by atoms with E-state index in [-0.39, 0.29) is 18.3 Å². The molecule has 2 aromatic carbocycles. The molecule has 0 saturated heterocycles. The molecule has 2 aromatic rings. The van der Waals surface area contributed by atoms with Crippen LogP contribution < -0.4 is 16.0 Å². The maximum Gasteiger partial charge on any atom is 0.243 e. The van der Waals surface area contributed by atoms with Crippen LogP contribution >= 0.6 is 0 Å². The zero-order valence-electron chi connectivity index (χ0n) is 13.1. The number of guanidine groups is 1. The number of carbonyl (C=O) groups is 1. The summed E-state index contributed by atoms with van der Waals surface area (Å²) in [6.07, 6.45) is 0. The highest BCUT2D eigenvalue weighted by atomic mass is 19.1. The second-order valence-electron chi connectivity index (χ2n) is 4.97. The van der Waals surface area contributed by atoms with Gasteiger partial charge in [-0.05, 0) is 35.9 Å². The molecule has 0 spiro atoms. The van der Waals surface area contributed by atoms with E-state index in [4.69, 9.17) is 0 Å². The molecule has 0 fully saturated rings. The summed E-state index contributed by atoms with van der Waals surface area (Å²) in [5, 5.41) is 8.37. The van der Waals surface area contributed by atoms with Crippen molar-refractivity contribution in [2.75, 3.05) is 18.9 Å². The van der Waals surface area contributed by atoms with Crippen molar-refractivity contribution in [1.29, 1.82) is 0 Å². The van der Waals surface area contributed by atoms with Gasteiger partial charge in [0, 0.05) is 19.3 Å². The molecule has 0 atom stereocenters. The van der Waals surface area contributed by atoms with Gasteiger partial charge in [-0.2, -0.15) is 0 Å². The van der Waals surface area contributed by atoms with Crippen LogP contribution in [0.1, 0.15) is 5.56 Å². The van der Waals surface area contributed by atoms with Crippen molar-refractivity contribution in [3.63, 3.8) is 0 Å². The summed E-state index contributed by atoms with van der Waals surface area (Å²) in [5.74, 6) is -0.678. The van der Waals surface area contributed by atoms with Gasteiger partial charge in [0.2, 0.25) is 5.91 Å². The standard InChI is InChI=1S/C17H18F2N4O/c1-20-17(21-10-12-4-2-5-13(18)8-12)22-11-16(24)23-15-7-3-6-14(19)9-15/h2-9H,10-11H2,1H3,(H,23,24)(H2,20,21,22). The van der Waals surface area contributed by atoms with Gasteiger partial charge in [0.1, 0.15) is 11.6 Å². The molecule has 3 N–H and O–H groups in total. The first-order chi connectivity index (χ1) is 11.6. The van der Waals surface area contributed by atoms with Crippen LogP contribution in [0.3, 0.4) is 0 Å². The van der Waals surface area contributed by atoms with E-state index in [1.165, 1.54) is 30.3 Å². The Labute approximate surface area is 138 Å². The minimum absolute atomic E-state index is 0.0423. The number of rotatable bonds is 5. The van der Waals surface area contributed by atoms with Gasteiger partial charge < -0.3 is 16.0 Å². The zero-order valence-corrected chi connectivity index (χ0v) is 13.1. The number of hydrogen-bond acceptors (Lipinski definition) is 2. The van der Waals surface area contributed by atoms with Crippen molar-refractivity contribution in [2.45, 2.75) is 6.54 Å². The molecule has 0 unspecified atom stereocenters. The van der Waals surface area contributed by atoms with Crippen molar-refractivity contribution >= 4 is 17.6 Å². The minimum Gasteiger partial charge on any atom is -0.352 e. The van der Waals surface area contributed by atoms with E-state index >= 15 is 0 Å². The minimum atomic E-state index is -0.423. The molecular weight excluding hydrogens is 314 g/mol. The van der Waals surface area contributed by atoms with Gasteiger partial charge in [-0.3, -0.25) is 9.79 Å². The monoisotopic (exact) mass is 332 g/mol. The number of halogens is 2. The van der Waals surface area contributed by atoms with E-state index in [2.05, 4.69) is 20.9 Å². The Morgan fingerprint density at radius 3 is 2.42 bits per heavy atom. The predicted octanol–water partition coefficient (Wildman–Crippen LogP) is 2.27. The molecule has 0 aliphatic heterocycles. The lowest BCUT2D eigenvalue weighted by Crippen LogP contribution is -2.41. The SMILES string of the molecule is CN=C(NCC(=O)Nc1cccc(F)c1)NCc1cccc(F)c1. The molecule has 24 heavy (non-hydrogen) atoms. The van der Waals surface area contributed by atoms with Crippen LogP contribution in [-0.4, -0.2) is 25.5 Å². The maximum atomic E-state index is 13.1. The maximum absolute atomic E-state index is 13.1. The molecule has 0 saturated carbocycles. The summed E-state index contributed by atoms with van der Waals surface area (Å²) in [6, 6.07) is 11.8. The van der Waals surface area contributed by atoms with Gasteiger partial charge in [-0.15, -0.1) is 0 Å². The zero-order chi connectivity index (χ0) is 17.4. The van der Waals surface area contributed by atoms with Gasteiger partial charge in [0.15, 0.2) is 5.96 Å². The van der Waals surface area contributed by atoms with E-state index in [1.54, 1.807) is 25.2 Å². The number of carbonyl (C=O) groups excluding carboxylic acids is 1. The third kappa shape index (κ3) is 5.68. The summed E-state index contributed by atoms with van der Waals surface area (Å²) in [7, 11) is 1.56. The molecule has 0 heterocycles. The second kappa shape index (κ2) is 8.61. The Kier molecular flexibility index (Phi) is 6.24. The highest BCUT2D eigenvalue weighted by Gasteiger charge is 2.05. The number of nitrogens with one attached hydrogen (secondary N) is 3. The first-order valence-electron chi connectivity index (χ1n) is 7.31. The van der Waals surface area contributed by atoms with Crippen molar-refractivity contribution < 1.29 is 13.6 Å². The Bertz CT molecular complexity index is 734. The third-order valence-electron chi connectivity index (χ3n) is 3.10. The molecule has 0 radical (unpaired) electrons. The molecule has 126 valence electrons. The number of aliphatic imine (C=N–C) groups is 1. The molecule has 0 aliphatic carbocycles. The first-order valence-corrected chi connectivity index (χ1v) is 7.31. The molecule has 2 rings (SSSR count). The van der Waals surface area contributed by atoms with Gasteiger partial charge in [0.05, 0.1) is 6.54 Å². The van der Waals surface area contributed by atoms with Gasteiger partial charge in [-0.1, -0.05) is 18.2 Å². The topological polar surface area (TPSA) is 65.5 Å². The lowest BCUT2D eigenvalue weighted by Gasteiger charge is -2.12. The number of hydrogen-bond donors (Lipinski definition) is 3. The Morgan fingerprint density at radius 1 is 1.04 bits per heavy atom. The van der Waals surface area contributed by atoms with Crippen LogP contribution in [0, 0.1) is 11.6 Å². The molecule has 5 nitrogen and oxygen atoms in total. The smallest absolute Gasteiger partial charge is 0.243 e. The van der Waals surface area contributed by atoms with Crippen LogP contribution in [0.2, 0.25) is 0 Å². The molecule has 0 aliphatic rings. The van der Waals surface area contributed by atoms with E-state index in [9.17, 15) is 13.6 Å². The van der Waals surface area contributed by atoms with E-state index in [0.29, 0.717) is 18.2 Å². The molecule has 7 heteroatoms. The fraction of sp³-hybridized carbons (Fsp3) is 0.176. The van der Waals surface area contributed by atoms with Gasteiger partial charge in [-0.25, -0.2) is 8.78 Å². The highest BCUT2D eigenvalue weighted by molar-refractivity contribution is 5.94. The van der Waals surface area contributed by atoms with Crippen molar-refractivity contribution in [3.8, 4) is 0 Å². The van der Waals surface area contributed by atoms with E-state index < -0.39 is 5.82 Å². The molecule has 1 amide bonds. The van der Waals surface area contributed by atoms with Crippen LogP contribution in [0.4, 0.5) is 14.5 Å². The Hall–Kier alpha value is -2.96. The first kappa shape index (κ1) is 17.4. The summed E-state index contributed by atoms with van der Waals surface area (Å²) in [6.45, 7) is 0.322. The number of nitrogens with zero attached hydrogens (tertiary/aromatic N) is 1. The average Bonchev–Trinajstić information content (AvgIpc) is 2.55. The van der Waals surface area contributed by atoms with Crippen molar-refractivity contribution in [2.24, 2.45) is 4.99 Å². The van der Waals surface area contributed by atoms with Crippen molar-refractivity contribution in [1.82, 2.24) is 10.6 Å². The molecular formula is C17H18F2N4O. The molecule has 0 bridgehead atoms. The summed E-state index contributed by atoms with van der Waals surface area (Å²) < 4.78 is 26.2. The second-order valence-corrected chi connectivity index (χ2v) is 4.97. The van der Waals surface area contributed by atoms with Crippen molar-refractivity contribution in [3.05, 3.63) is 65.7 Å². The lowest BCUT2D eigenvalue weighted by molar-refractivity contribution is -0.115. The lowest BCUT2D eigenvalue weighted by atomic mass is 10.2. The van der Waals surface area contributed by atoms with E-state index in [0.717, 1.165) is 5.56 Å². The average molecular weight is 332 g/mol. The van der Waals surface area contributed by atoms with Gasteiger partial charge >= 0.3 is 0 Å². The van der Waals surface area contributed by atoms with Crippen LogP contribution in [0.5, 0.6) is 0 Å². The van der Waals surface area contributed by atoms with Crippen LogP contribution in [0.15, 0.2) is 53.5 Å². The fourth-order valence-corrected chi connectivity index (χ4v) is 1.99. The molecule has 0 aromatic heterocycles. The summed E-state index contributed by atoms with van der Waals surface area (Å²) >= 11 is 0. The number of anilines is 1. The fourth-order valence-electron chi connectivity index (χ4n) is 1.99. The summed E-state index contributed by atoms with van der Waals surface area (Å²) in [4.78, 5) is 15.8. The van der Waals surface area contributed by atoms with Crippen LogP contribution in [0.25, 0.3) is 0 Å². The quantitative estimate of drug-likeness (QED) is 0.581. The van der Waals surface area contributed by atoms with Crippen LogP contribution in [-0.2, 0) is 11.3 Å². The number of benzene rings is 2. The Balaban J connectivity index is 1.79. The van der Waals surface area contributed by atoms with E-state index in [1.807, 2.05) is 0 Å². The number of amides is 1.